The van der Waals surface area contributed by atoms with Gasteiger partial charge in [0.15, 0.2) is 0 Å². The molecule has 4 rings (SSSR count). The number of hydrogen-bond acceptors (Lipinski definition) is 4. The summed E-state index contributed by atoms with van der Waals surface area (Å²) in [5, 5.41) is 5.67. The monoisotopic (exact) mass is 319 g/mol. The van der Waals surface area contributed by atoms with Crippen molar-refractivity contribution >= 4 is 16.5 Å². The lowest BCUT2D eigenvalue weighted by Crippen LogP contribution is -2.43. The van der Waals surface area contributed by atoms with Gasteiger partial charge in [0.25, 0.3) is 0 Å². The first-order valence-electron chi connectivity index (χ1n) is 8.40. The fourth-order valence-electron chi connectivity index (χ4n) is 3.21. The minimum absolute atomic E-state index is 0.674. The van der Waals surface area contributed by atoms with E-state index in [9.17, 15) is 0 Å². The van der Waals surface area contributed by atoms with E-state index < -0.39 is 0 Å². The highest BCUT2D eigenvalue weighted by molar-refractivity contribution is 5.97. The smallest absolute Gasteiger partial charge is 0.227 e. The van der Waals surface area contributed by atoms with E-state index in [1.807, 2.05) is 37.3 Å². The minimum atomic E-state index is 0.674. The molecule has 1 aromatic heterocycles. The maximum atomic E-state index is 6.07. The summed E-state index contributed by atoms with van der Waals surface area (Å²) in [6, 6.07) is 18.4. The van der Waals surface area contributed by atoms with Crippen molar-refractivity contribution < 1.29 is 4.74 Å². The van der Waals surface area contributed by atoms with Gasteiger partial charge < -0.3 is 15.0 Å². The van der Waals surface area contributed by atoms with Gasteiger partial charge in [-0.3, -0.25) is 0 Å². The Kier molecular flexibility index (Phi) is 4.05. The standard InChI is InChI=1S/C20H21N3O/c1-15-14-18-17(20(22-15)24-16-6-3-2-4-7-16)8-5-9-19(18)23-12-10-21-11-13-23/h2-9,14,21H,10-13H2,1H3. The average Bonchev–Trinajstić information content (AvgIpc) is 2.63. The number of nitrogens with zero attached hydrogens (tertiary/aromatic N) is 2. The van der Waals surface area contributed by atoms with Crippen LogP contribution in [0.15, 0.2) is 54.6 Å². The van der Waals surface area contributed by atoms with Gasteiger partial charge in [0.1, 0.15) is 5.75 Å². The van der Waals surface area contributed by atoms with Crippen LogP contribution in [0, 0.1) is 6.92 Å². The van der Waals surface area contributed by atoms with Crippen molar-refractivity contribution in [2.45, 2.75) is 6.92 Å². The molecule has 2 heterocycles. The first-order valence-corrected chi connectivity index (χ1v) is 8.40. The lowest BCUT2D eigenvalue weighted by molar-refractivity contribution is 0.468. The van der Waals surface area contributed by atoms with E-state index in [1.54, 1.807) is 0 Å². The summed E-state index contributed by atoms with van der Waals surface area (Å²) in [6.45, 7) is 6.11. The second kappa shape index (κ2) is 6.49. The molecule has 1 aliphatic rings. The van der Waals surface area contributed by atoms with Gasteiger partial charge in [-0.1, -0.05) is 24.3 Å². The Bertz CT molecular complexity index is 842. The second-order valence-electron chi connectivity index (χ2n) is 6.09. The van der Waals surface area contributed by atoms with E-state index >= 15 is 0 Å². The third-order valence-corrected chi connectivity index (χ3v) is 4.36. The van der Waals surface area contributed by atoms with Crippen LogP contribution >= 0.6 is 0 Å². The van der Waals surface area contributed by atoms with E-state index in [-0.39, 0.29) is 0 Å². The molecule has 2 aromatic carbocycles. The number of hydrogen-bond donors (Lipinski definition) is 1. The van der Waals surface area contributed by atoms with Crippen molar-refractivity contribution in [1.29, 1.82) is 0 Å². The molecule has 1 N–H and O–H groups in total. The number of pyridine rings is 1. The van der Waals surface area contributed by atoms with Crippen molar-refractivity contribution in [3.8, 4) is 11.6 Å². The number of aryl methyl sites for hydroxylation is 1. The molecule has 0 atom stereocenters. The fourth-order valence-corrected chi connectivity index (χ4v) is 3.21. The SMILES string of the molecule is Cc1cc2c(N3CCNCC3)cccc2c(Oc2ccccc2)n1. The van der Waals surface area contributed by atoms with Crippen LogP contribution in [0.4, 0.5) is 5.69 Å². The zero-order valence-corrected chi connectivity index (χ0v) is 13.8. The fraction of sp³-hybridized carbons (Fsp3) is 0.250. The number of rotatable bonds is 3. The summed E-state index contributed by atoms with van der Waals surface area (Å²) < 4.78 is 6.07. The highest BCUT2D eigenvalue weighted by atomic mass is 16.5. The number of ether oxygens (including phenoxy) is 1. The van der Waals surface area contributed by atoms with Gasteiger partial charge in [-0.2, -0.15) is 0 Å². The van der Waals surface area contributed by atoms with Gasteiger partial charge in [0.2, 0.25) is 5.88 Å². The van der Waals surface area contributed by atoms with Crippen molar-refractivity contribution in [1.82, 2.24) is 10.3 Å². The van der Waals surface area contributed by atoms with E-state index in [1.165, 1.54) is 11.1 Å². The van der Waals surface area contributed by atoms with E-state index in [0.29, 0.717) is 5.88 Å². The number of anilines is 1. The molecule has 0 radical (unpaired) electrons. The van der Waals surface area contributed by atoms with Gasteiger partial charge >= 0.3 is 0 Å². The zero-order chi connectivity index (χ0) is 16.4. The van der Waals surface area contributed by atoms with E-state index in [4.69, 9.17) is 4.74 Å². The summed E-state index contributed by atoms with van der Waals surface area (Å²) >= 11 is 0. The number of benzene rings is 2. The Balaban J connectivity index is 1.80. The molecule has 122 valence electrons. The molecule has 4 heteroatoms. The second-order valence-corrected chi connectivity index (χ2v) is 6.09. The summed E-state index contributed by atoms with van der Waals surface area (Å²) in [6.07, 6.45) is 0. The Labute approximate surface area is 142 Å². The number of nitrogens with one attached hydrogen (secondary N) is 1. The van der Waals surface area contributed by atoms with Gasteiger partial charge in [0.05, 0.1) is 0 Å². The van der Waals surface area contributed by atoms with Gasteiger partial charge in [-0.25, -0.2) is 4.98 Å². The van der Waals surface area contributed by atoms with Crippen molar-refractivity contribution in [3.05, 3.63) is 60.3 Å². The van der Waals surface area contributed by atoms with Crippen LogP contribution in [-0.2, 0) is 0 Å². The number of aromatic nitrogens is 1. The Morgan fingerprint density at radius 2 is 1.75 bits per heavy atom. The number of para-hydroxylation sites is 1. The summed E-state index contributed by atoms with van der Waals surface area (Å²) in [5.41, 5.74) is 2.23. The zero-order valence-electron chi connectivity index (χ0n) is 13.8. The van der Waals surface area contributed by atoms with E-state index in [0.717, 1.165) is 43.0 Å². The highest BCUT2D eigenvalue weighted by Gasteiger charge is 2.16. The van der Waals surface area contributed by atoms with Crippen LogP contribution < -0.4 is 15.0 Å². The van der Waals surface area contributed by atoms with Gasteiger partial charge in [-0.15, -0.1) is 0 Å². The highest BCUT2D eigenvalue weighted by Crippen LogP contribution is 2.34. The molecular weight excluding hydrogens is 298 g/mol. The molecule has 0 amide bonds. The average molecular weight is 319 g/mol. The molecule has 4 nitrogen and oxygen atoms in total. The van der Waals surface area contributed by atoms with E-state index in [2.05, 4.69) is 39.5 Å². The Morgan fingerprint density at radius 3 is 2.54 bits per heavy atom. The Hall–Kier alpha value is -2.59. The Morgan fingerprint density at radius 1 is 0.958 bits per heavy atom. The third-order valence-electron chi connectivity index (χ3n) is 4.36. The lowest BCUT2D eigenvalue weighted by Gasteiger charge is -2.30. The van der Waals surface area contributed by atoms with Gasteiger partial charge in [0, 0.05) is 48.3 Å². The summed E-state index contributed by atoms with van der Waals surface area (Å²) in [7, 11) is 0. The topological polar surface area (TPSA) is 37.4 Å². The van der Waals surface area contributed by atoms with Crippen molar-refractivity contribution in [2.24, 2.45) is 0 Å². The predicted molar refractivity (Wildman–Crippen MR) is 98.1 cm³/mol. The van der Waals surface area contributed by atoms with Crippen molar-refractivity contribution in [3.63, 3.8) is 0 Å². The molecule has 1 fully saturated rings. The first kappa shape index (κ1) is 15.0. The minimum Gasteiger partial charge on any atom is -0.438 e. The molecule has 0 saturated carbocycles. The summed E-state index contributed by atoms with van der Waals surface area (Å²) in [5.74, 6) is 1.48. The molecule has 24 heavy (non-hydrogen) atoms. The van der Waals surface area contributed by atoms with Crippen LogP contribution in [0.2, 0.25) is 0 Å². The predicted octanol–water partition coefficient (Wildman–Crippen LogP) is 3.75. The van der Waals surface area contributed by atoms with Gasteiger partial charge in [-0.05, 0) is 37.3 Å². The third kappa shape index (κ3) is 2.93. The van der Waals surface area contributed by atoms with Crippen LogP contribution in [0.5, 0.6) is 11.6 Å². The summed E-state index contributed by atoms with van der Waals surface area (Å²) in [4.78, 5) is 7.06. The number of fused-ring (bicyclic) bond motifs is 1. The molecule has 0 aliphatic carbocycles. The van der Waals surface area contributed by atoms with Crippen LogP contribution in [0.1, 0.15) is 5.69 Å². The van der Waals surface area contributed by atoms with Crippen molar-refractivity contribution in [2.75, 3.05) is 31.1 Å². The molecular formula is C20H21N3O. The van der Waals surface area contributed by atoms with Crippen LogP contribution in [0.25, 0.3) is 10.8 Å². The molecule has 0 unspecified atom stereocenters. The van der Waals surface area contributed by atoms with Crippen LogP contribution in [0.3, 0.4) is 0 Å². The molecule has 3 aromatic rings. The quantitative estimate of drug-likeness (QED) is 0.798. The maximum absolute atomic E-state index is 6.07. The maximum Gasteiger partial charge on any atom is 0.227 e. The number of piperazine rings is 1. The molecule has 1 saturated heterocycles. The largest absolute Gasteiger partial charge is 0.438 e. The van der Waals surface area contributed by atoms with Crippen LogP contribution in [-0.4, -0.2) is 31.2 Å². The lowest BCUT2D eigenvalue weighted by atomic mass is 10.1. The molecule has 0 bridgehead atoms. The normalized spacial score (nSPS) is 14.8. The molecule has 1 aliphatic heterocycles. The first-order chi connectivity index (χ1) is 11.8. The molecule has 0 spiro atoms.